The van der Waals surface area contributed by atoms with Crippen LogP contribution < -0.4 is 4.74 Å². The summed E-state index contributed by atoms with van der Waals surface area (Å²) in [5.74, 6) is -8.63. The first kappa shape index (κ1) is 24.5. The molecule has 12 nitrogen and oxygen atoms in total. The predicted octanol–water partition coefficient (Wildman–Crippen LogP) is 1.57. The Balaban J connectivity index is 1.67. The number of carbonyl (C=O) groups excluding carboxylic acids is 6. The minimum absolute atomic E-state index is 0.00893. The van der Waals surface area contributed by atoms with E-state index in [0.717, 1.165) is 14.2 Å². The first-order chi connectivity index (χ1) is 17.7. The molecule has 1 saturated carbocycles. The molecule has 1 aromatic rings. The third-order valence-corrected chi connectivity index (χ3v) is 7.95. The number of likely N-dealkylation sites (tertiary alicyclic amines) is 2. The van der Waals surface area contributed by atoms with E-state index in [1.165, 1.54) is 13.2 Å². The van der Waals surface area contributed by atoms with Crippen molar-refractivity contribution in [3.63, 3.8) is 0 Å². The van der Waals surface area contributed by atoms with Crippen LogP contribution in [0.4, 0.5) is 9.59 Å². The van der Waals surface area contributed by atoms with Crippen LogP contribution in [0.5, 0.6) is 11.5 Å². The zero-order valence-corrected chi connectivity index (χ0v) is 20.2. The number of rotatable bonds is 2. The average Bonchev–Trinajstić information content (AvgIpc) is 3.30. The quantitative estimate of drug-likeness (QED) is 0.456. The van der Waals surface area contributed by atoms with Gasteiger partial charge in [0.25, 0.3) is 0 Å². The van der Waals surface area contributed by atoms with Crippen LogP contribution in [0.2, 0.25) is 0 Å². The molecule has 194 valence electrons. The fraction of sp³-hybridized carbons (Fsp3) is 0.440. The highest BCUT2D eigenvalue weighted by atomic mass is 16.5. The molecule has 2 aliphatic carbocycles. The summed E-state index contributed by atoms with van der Waals surface area (Å²) in [5.41, 5.74) is 0.852. The van der Waals surface area contributed by atoms with Gasteiger partial charge in [-0.1, -0.05) is 23.8 Å². The molecule has 5 rings (SSSR count). The van der Waals surface area contributed by atoms with E-state index in [0.29, 0.717) is 15.4 Å². The highest BCUT2D eigenvalue weighted by Gasteiger charge is 2.64. The molecule has 0 unspecified atom stereocenters. The van der Waals surface area contributed by atoms with E-state index < -0.39 is 71.3 Å². The highest BCUT2D eigenvalue weighted by molar-refractivity contribution is 6.17. The smallest absolute Gasteiger partial charge is 0.423 e. The molecule has 4 aliphatic rings. The fourth-order valence-corrected chi connectivity index (χ4v) is 6.43. The number of amides is 6. The first-order valence-corrected chi connectivity index (χ1v) is 11.6. The van der Waals surface area contributed by atoms with Crippen LogP contribution in [0, 0.1) is 29.6 Å². The Morgan fingerprint density at radius 3 is 2.03 bits per heavy atom. The number of phenols is 1. The highest BCUT2D eigenvalue weighted by Crippen LogP contribution is 2.59. The van der Waals surface area contributed by atoms with Crippen molar-refractivity contribution in [3.8, 4) is 11.5 Å². The summed E-state index contributed by atoms with van der Waals surface area (Å²) in [6.07, 6.45) is -0.389. The van der Waals surface area contributed by atoms with Crippen LogP contribution >= 0.6 is 0 Å². The molecule has 3 fully saturated rings. The molecular formula is C25H24N2O10. The number of phenolic OH excluding ortho intramolecular Hbond substituents is 1. The van der Waals surface area contributed by atoms with Gasteiger partial charge in [0, 0.05) is 11.5 Å². The van der Waals surface area contributed by atoms with Crippen molar-refractivity contribution < 1.29 is 48.1 Å². The molecule has 2 saturated heterocycles. The molecule has 6 atom stereocenters. The normalized spacial score (nSPS) is 30.4. The van der Waals surface area contributed by atoms with Crippen molar-refractivity contribution in [1.82, 2.24) is 9.80 Å². The number of hydrogen-bond acceptors (Lipinski definition) is 10. The fourth-order valence-electron chi connectivity index (χ4n) is 6.43. The summed E-state index contributed by atoms with van der Waals surface area (Å²) in [6.45, 7) is 0. The monoisotopic (exact) mass is 512 g/mol. The maximum absolute atomic E-state index is 13.5. The number of fused-ring (bicyclic) bond motifs is 4. The number of nitrogens with zero attached hydrogens (tertiary/aromatic N) is 2. The Morgan fingerprint density at radius 2 is 1.43 bits per heavy atom. The van der Waals surface area contributed by atoms with Crippen LogP contribution in [0.1, 0.15) is 24.3 Å². The lowest BCUT2D eigenvalue weighted by Crippen LogP contribution is -2.43. The second-order valence-corrected chi connectivity index (χ2v) is 9.39. The minimum Gasteiger partial charge on any atom is -0.504 e. The molecule has 1 N–H and O–H groups in total. The van der Waals surface area contributed by atoms with Gasteiger partial charge in [0.15, 0.2) is 11.5 Å². The third kappa shape index (κ3) is 3.27. The molecule has 0 bridgehead atoms. The Labute approximate surface area is 210 Å². The van der Waals surface area contributed by atoms with Gasteiger partial charge in [0.2, 0.25) is 23.6 Å². The Hall–Kier alpha value is -4.22. The van der Waals surface area contributed by atoms with Crippen molar-refractivity contribution in [2.45, 2.75) is 18.8 Å². The van der Waals surface area contributed by atoms with Crippen LogP contribution in [0.3, 0.4) is 0 Å². The molecule has 2 aliphatic heterocycles. The van der Waals surface area contributed by atoms with E-state index in [-0.39, 0.29) is 29.9 Å². The van der Waals surface area contributed by atoms with Crippen LogP contribution in [-0.2, 0) is 28.7 Å². The number of methoxy groups -OCH3 is 3. The van der Waals surface area contributed by atoms with Gasteiger partial charge in [-0.25, -0.2) is 9.59 Å². The van der Waals surface area contributed by atoms with E-state index in [1.54, 1.807) is 18.2 Å². The summed E-state index contributed by atoms with van der Waals surface area (Å²) in [6, 6.07) is 4.72. The lowest BCUT2D eigenvalue weighted by molar-refractivity contribution is -0.139. The second-order valence-electron chi connectivity index (χ2n) is 9.39. The number of carbonyl (C=O) groups is 6. The van der Waals surface area contributed by atoms with Crippen molar-refractivity contribution in [3.05, 3.63) is 35.4 Å². The number of aromatic hydroxyl groups is 1. The van der Waals surface area contributed by atoms with Gasteiger partial charge >= 0.3 is 12.2 Å². The molecule has 2 heterocycles. The first-order valence-electron chi connectivity index (χ1n) is 11.6. The van der Waals surface area contributed by atoms with Gasteiger partial charge in [-0.3, -0.25) is 19.2 Å². The zero-order chi connectivity index (χ0) is 26.8. The Morgan fingerprint density at radius 1 is 0.838 bits per heavy atom. The summed E-state index contributed by atoms with van der Waals surface area (Å²) in [7, 11) is 3.47. The summed E-state index contributed by atoms with van der Waals surface area (Å²) < 4.78 is 14.5. The maximum Gasteiger partial charge on any atom is 0.423 e. The number of allylic oxidation sites excluding steroid dienone is 2. The average molecular weight is 512 g/mol. The minimum atomic E-state index is -1.13. The summed E-state index contributed by atoms with van der Waals surface area (Å²) in [4.78, 5) is 78.6. The van der Waals surface area contributed by atoms with Gasteiger partial charge in [0.05, 0.1) is 45.0 Å². The molecule has 1 aromatic carbocycles. The summed E-state index contributed by atoms with van der Waals surface area (Å²) >= 11 is 0. The summed E-state index contributed by atoms with van der Waals surface area (Å²) in [5, 5.41) is 11.0. The maximum atomic E-state index is 13.5. The number of ether oxygens (including phenoxy) is 3. The van der Waals surface area contributed by atoms with Gasteiger partial charge in [-0.05, 0) is 24.8 Å². The van der Waals surface area contributed by atoms with Gasteiger partial charge in [0.1, 0.15) is 0 Å². The molecule has 6 amide bonds. The number of benzene rings is 1. The number of para-hydroxylation sites is 1. The molecular weight excluding hydrogens is 488 g/mol. The second kappa shape index (κ2) is 8.71. The van der Waals surface area contributed by atoms with Gasteiger partial charge in [-0.15, -0.1) is 0 Å². The SMILES string of the molecule is COC(=O)N1C(=O)[C@H]2[C@H](CC=C3[C@H]2C[C@H]2C(=O)N(C(=O)OC)C(=O)[C@H]2[C@H]3c2cccc(OC)c2O)C1=O. The van der Waals surface area contributed by atoms with Gasteiger partial charge in [-0.2, -0.15) is 9.80 Å². The zero-order valence-electron chi connectivity index (χ0n) is 20.2. The number of hydrogen-bond donors (Lipinski definition) is 1. The number of imide groups is 6. The molecule has 0 radical (unpaired) electrons. The lowest BCUT2D eigenvalue weighted by Gasteiger charge is -2.44. The largest absolute Gasteiger partial charge is 0.504 e. The molecule has 0 aromatic heterocycles. The van der Waals surface area contributed by atoms with E-state index in [4.69, 9.17) is 4.74 Å². The topological polar surface area (TPSA) is 157 Å². The Kier molecular flexibility index (Phi) is 5.76. The standard InChI is InChI=1S/C25H24N2O10/c1-35-15-6-4-5-11(19(15)28)16-10-7-8-12-17(22(31)26(20(12)29)24(33)36-2)13(10)9-14-18(16)23(32)27(21(14)30)25(34)37-3/h4-7,12-14,16-18,28H,8-9H2,1-3H3/t12-,13+,14+,16+,17-,18+/m0/s1. The van der Waals surface area contributed by atoms with Crippen LogP contribution in [0.25, 0.3) is 0 Å². The van der Waals surface area contributed by atoms with E-state index in [1.807, 2.05) is 0 Å². The van der Waals surface area contributed by atoms with Gasteiger partial charge < -0.3 is 19.3 Å². The molecule has 37 heavy (non-hydrogen) atoms. The molecule has 12 heteroatoms. The third-order valence-electron chi connectivity index (χ3n) is 7.95. The Bertz CT molecular complexity index is 1290. The van der Waals surface area contributed by atoms with E-state index >= 15 is 0 Å². The van der Waals surface area contributed by atoms with E-state index in [9.17, 15) is 33.9 Å². The lowest BCUT2D eigenvalue weighted by atomic mass is 9.57. The predicted molar refractivity (Wildman–Crippen MR) is 121 cm³/mol. The van der Waals surface area contributed by atoms with Crippen molar-refractivity contribution in [2.75, 3.05) is 21.3 Å². The van der Waals surface area contributed by atoms with Crippen molar-refractivity contribution in [2.24, 2.45) is 29.6 Å². The molecule has 0 spiro atoms. The van der Waals surface area contributed by atoms with Crippen molar-refractivity contribution >= 4 is 35.8 Å². The van der Waals surface area contributed by atoms with E-state index in [2.05, 4.69) is 9.47 Å². The van der Waals surface area contributed by atoms with Crippen LogP contribution in [0.15, 0.2) is 29.8 Å². The van der Waals surface area contributed by atoms with Crippen molar-refractivity contribution in [1.29, 1.82) is 0 Å². The van der Waals surface area contributed by atoms with Crippen LogP contribution in [-0.4, -0.2) is 72.1 Å².